The Morgan fingerprint density at radius 1 is 1.32 bits per heavy atom. The van der Waals surface area contributed by atoms with Crippen LogP contribution in [-0.4, -0.2) is 25.6 Å². The lowest BCUT2D eigenvalue weighted by Crippen LogP contribution is -2.19. The molecule has 0 atom stereocenters. The van der Waals surface area contributed by atoms with Gasteiger partial charge in [0.2, 0.25) is 0 Å². The van der Waals surface area contributed by atoms with Gasteiger partial charge in [-0.05, 0) is 5.92 Å². The van der Waals surface area contributed by atoms with Crippen LogP contribution in [0.1, 0.15) is 26.0 Å². The molecule has 2 N–H and O–H groups in total. The number of halogens is 2. The lowest BCUT2D eigenvalue weighted by atomic mass is 10.2. The van der Waals surface area contributed by atoms with E-state index in [4.69, 9.17) is 0 Å². The predicted molar refractivity (Wildman–Crippen MR) is 77.9 cm³/mol. The number of nitrogens with one attached hydrogen (secondary N) is 2. The summed E-state index contributed by atoms with van der Waals surface area (Å²) in [5.41, 5.74) is -0.00152. The maximum absolute atomic E-state index is 12.8. The number of hydrogen-bond donors (Lipinski definition) is 2. The van der Waals surface area contributed by atoms with E-state index in [-0.39, 0.29) is 5.69 Å². The second-order valence-corrected chi connectivity index (χ2v) is 5.33. The van der Waals surface area contributed by atoms with Crippen LogP contribution in [0, 0.1) is 5.92 Å². The van der Waals surface area contributed by atoms with Crippen molar-refractivity contribution in [2.75, 3.05) is 10.6 Å². The highest BCUT2D eigenvalue weighted by molar-refractivity contribution is 5.99. The summed E-state index contributed by atoms with van der Waals surface area (Å²) in [7, 11) is 1.50. The Morgan fingerprint density at radius 2 is 2.05 bits per heavy atom. The molecule has 0 fully saturated rings. The van der Waals surface area contributed by atoms with Crippen LogP contribution >= 0.6 is 0 Å². The number of carbonyl (C=O) groups is 1. The molecule has 2 rings (SSSR count). The monoisotopic (exact) mass is 312 g/mol. The first-order chi connectivity index (χ1) is 10.3. The van der Waals surface area contributed by atoms with Gasteiger partial charge in [0.1, 0.15) is 0 Å². The molecular weight excluding hydrogens is 294 g/mol. The lowest BCUT2D eigenvalue weighted by molar-refractivity contribution is 0.146. The second-order valence-electron chi connectivity index (χ2n) is 5.33. The normalized spacial score (nSPS) is 11.2. The maximum Gasteiger partial charge on any atom is 0.323 e. The molecule has 2 heterocycles. The standard InChI is InChI=1S/C13H18F2N6O/c1-8(2)5-21-6-9(4-16-21)17-13(22)18-10-7-20(3)19-11(10)12(14)15/h4,6-8,12H,5H2,1-3H3,(H2,17,18,22). The molecule has 0 radical (unpaired) electrons. The van der Waals surface area contributed by atoms with Crippen molar-refractivity contribution in [1.29, 1.82) is 0 Å². The van der Waals surface area contributed by atoms with E-state index < -0.39 is 18.2 Å². The van der Waals surface area contributed by atoms with Gasteiger partial charge in [-0.3, -0.25) is 9.36 Å². The minimum Gasteiger partial charge on any atom is -0.305 e. The van der Waals surface area contributed by atoms with E-state index in [2.05, 4.69) is 34.7 Å². The zero-order chi connectivity index (χ0) is 16.3. The molecule has 2 amide bonds. The quantitative estimate of drug-likeness (QED) is 0.891. The summed E-state index contributed by atoms with van der Waals surface area (Å²) in [5.74, 6) is 0.422. The number of anilines is 2. The van der Waals surface area contributed by atoms with Crippen molar-refractivity contribution >= 4 is 17.4 Å². The van der Waals surface area contributed by atoms with Crippen molar-refractivity contribution in [3.8, 4) is 0 Å². The molecule has 0 aliphatic rings. The first-order valence-electron chi connectivity index (χ1n) is 6.77. The van der Waals surface area contributed by atoms with Crippen molar-refractivity contribution < 1.29 is 13.6 Å². The molecule has 0 aliphatic heterocycles. The SMILES string of the molecule is CC(C)Cn1cc(NC(=O)Nc2cn(C)nc2C(F)F)cn1. The van der Waals surface area contributed by atoms with Crippen molar-refractivity contribution in [1.82, 2.24) is 19.6 Å². The van der Waals surface area contributed by atoms with Crippen LogP contribution in [-0.2, 0) is 13.6 Å². The molecule has 0 saturated heterocycles. The lowest BCUT2D eigenvalue weighted by Gasteiger charge is -2.06. The van der Waals surface area contributed by atoms with E-state index in [0.29, 0.717) is 11.6 Å². The molecule has 22 heavy (non-hydrogen) atoms. The molecule has 2 aromatic rings. The molecule has 0 aliphatic carbocycles. The Hall–Kier alpha value is -2.45. The fraction of sp³-hybridized carbons (Fsp3) is 0.462. The minimum absolute atomic E-state index is 0.0235. The van der Waals surface area contributed by atoms with Crippen LogP contribution < -0.4 is 10.6 Å². The van der Waals surface area contributed by atoms with E-state index >= 15 is 0 Å². The summed E-state index contributed by atoms with van der Waals surface area (Å²) in [4.78, 5) is 11.9. The number of rotatable bonds is 5. The van der Waals surface area contributed by atoms with Crippen LogP contribution in [0.5, 0.6) is 0 Å². The average molecular weight is 312 g/mol. The minimum atomic E-state index is -2.76. The third kappa shape index (κ3) is 4.03. The van der Waals surface area contributed by atoms with Gasteiger partial charge in [-0.1, -0.05) is 13.8 Å². The van der Waals surface area contributed by atoms with Crippen molar-refractivity contribution in [3.05, 3.63) is 24.3 Å². The fourth-order valence-corrected chi connectivity index (χ4v) is 1.95. The Bertz CT molecular complexity index is 649. The van der Waals surface area contributed by atoms with Crippen LogP contribution in [0.2, 0.25) is 0 Å². The number of aryl methyl sites for hydroxylation is 1. The number of urea groups is 1. The van der Waals surface area contributed by atoms with E-state index in [1.807, 2.05) is 0 Å². The first kappa shape index (κ1) is 15.9. The molecule has 0 saturated carbocycles. The van der Waals surface area contributed by atoms with Gasteiger partial charge < -0.3 is 10.6 Å². The second kappa shape index (κ2) is 6.54. The number of hydrogen-bond acceptors (Lipinski definition) is 3. The number of carbonyl (C=O) groups excluding carboxylic acids is 1. The number of nitrogens with zero attached hydrogens (tertiary/aromatic N) is 4. The summed E-state index contributed by atoms with van der Waals surface area (Å²) < 4.78 is 28.5. The van der Waals surface area contributed by atoms with E-state index in [1.54, 1.807) is 10.9 Å². The van der Waals surface area contributed by atoms with Gasteiger partial charge in [-0.15, -0.1) is 0 Å². The Balaban J connectivity index is 2.00. The summed E-state index contributed by atoms with van der Waals surface area (Å²) in [6.07, 6.45) is 1.74. The van der Waals surface area contributed by atoms with Gasteiger partial charge in [0, 0.05) is 26.0 Å². The van der Waals surface area contributed by atoms with Gasteiger partial charge in [0.15, 0.2) is 5.69 Å². The van der Waals surface area contributed by atoms with Crippen LogP contribution in [0.15, 0.2) is 18.6 Å². The van der Waals surface area contributed by atoms with E-state index in [1.165, 1.54) is 24.1 Å². The summed E-state index contributed by atoms with van der Waals surface area (Å²) >= 11 is 0. The first-order valence-corrected chi connectivity index (χ1v) is 6.77. The van der Waals surface area contributed by atoms with Crippen LogP contribution in [0.25, 0.3) is 0 Å². The Morgan fingerprint density at radius 3 is 2.68 bits per heavy atom. The van der Waals surface area contributed by atoms with Gasteiger partial charge in [0.05, 0.1) is 17.6 Å². The largest absolute Gasteiger partial charge is 0.323 e. The highest BCUT2D eigenvalue weighted by Crippen LogP contribution is 2.25. The summed E-state index contributed by atoms with van der Waals surface area (Å²) in [6.45, 7) is 4.83. The Kier molecular flexibility index (Phi) is 4.74. The van der Waals surface area contributed by atoms with Crippen LogP contribution in [0.4, 0.5) is 25.0 Å². The molecule has 0 bridgehead atoms. The molecule has 0 spiro atoms. The average Bonchev–Trinajstić information content (AvgIpc) is 2.95. The van der Waals surface area contributed by atoms with Gasteiger partial charge >= 0.3 is 6.03 Å². The Labute approximate surface area is 126 Å². The van der Waals surface area contributed by atoms with Gasteiger partial charge in [0.25, 0.3) is 6.43 Å². The number of aromatic nitrogens is 4. The molecule has 0 aromatic carbocycles. The van der Waals surface area contributed by atoms with E-state index in [9.17, 15) is 13.6 Å². The highest BCUT2D eigenvalue weighted by Gasteiger charge is 2.19. The summed E-state index contributed by atoms with van der Waals surface area (Å²) in [6, 6.07) is -0.626. The third-order valence-corrected chi connectivity index (χ3v) is 2.76. The van der Waals surface area contributed by atoms with Crippen LogP contribution in [0.3, 0.4) is 0 Å². The summed E-state index contributed by atoms with van der Waals surface area (Å²) in [5, 5.41) is 12.6. The predicted octanol–water partition coefficient (Wildman–Crippen LogP) is 2.85. The molecule has 120 valence electrons. The molecule has 2 aromatic heterocycles. The van der Waals surface area contributed by atoms with Crippen molar-refractivity contribution in [2.24, 2.45) is 13.0 Å². The maximum atomic E-state index is 12.8. The molecule has 9 heteroatoms. The zero-order valence-electron chi connectivity index (χ0n) is 12.5. The highest BCUT2D eigenvalue weighted by atomic mass is 19.3. The van der Waals surface area contributed by atoms with Crippen molar-refractivity contribution in [3.63, 3.8) is 0 Å². The van der Waals surface area contributed by atoms with Gasteiger partial charge in [-0.25, -0.2) is 13.6 Å². The molecular formula is C13H18F2N6O. The molecule has 0 unspecified atom stereocenters. The number of alkyl halides is 2. The smallest absolute Gasteiger partial charge is 0.305 e. The topological polar surface area (TPSA) is 76.8 Å². The van der Waals surface area contributed by atoms with Crippen molar-refractivity contribution in [2.45, 2.75) is 26.8 Å². The third-order valence-electron chi connectivity index (χ3n) is 2.76. The fourth-order valence-electron chi connectivity index (χ4n) is 1.95. The number of amides is 2. The zero-order valence-corrected chi connectivity index (χ0v) is 12.5. The van der Waals surface area contributed by atoms with Gasteiger partial charge in [-0.2, -0.15) is 10.2 Å². The molecule has 7 nitrogen and oxygen atoms in total. The van der Waals surface area contributed by atoms with E-state index in [0.717, 1.165) is 6.54 Å².